The van der Waals surface area contributed by atoms with E-state index in [2.05, 4.69) is 15.0 Å². The van der Waals surface area contributed by atoms with E-state index in [0.29, 0.717) is 11.5 Å². The predicted octanol–water partition coefficient (Wildman–Crippen LogP) is 1.04. The van der Waals surface area contributed by atoms with E-state index in [1.165, 1.54) is 6.20 Å². The number of pyridine rings is 1. The summed E-state index contributed by atoms with van der Waals surface area (Å²) in [5.41, 5.74) is 0.611. The minimum atomic E-state index is 0.134. The van der Waals surface area contributed by atoms with Crippen molar-refractivity contribution in [1.29, 1.82) is 0 Å². The molecule has 4 nitrogen and oxygen atoms in total. The molecule has 0 fully saturated rings. The fourth-order valence-electron chi connectivity index (χ4n) is 0.996. The number of hydrogen-bond acceptors (Lipinski definition) is 4. The summed E-state index contributed by atoms with van der Waals surface area (Å²) in [5, 5.41) is 9.83. The summed E-state index contributed by atoms with van der Waals surface area (Å²) in [6, 6.07) is 1.59. The summed E-state index contributed by atoms with van der Waals surface area (Å²) < 4.78 is 0. The SMILES string of the molecule is Cc1ncc2cc(O)cnc2n1. The number of aromatic nitrogens is 3. The summed E-state index contributed by atoms with van der Waals surface area (Å²) in [4.78, 5) is 12.0. The lowest BCUT2D eigenvalue weighted by molar-refractivity contribution is 0.473. The number of aryl methyl sites for hydroxylation is 1. The van der Waals surface area contributed by atoms with Crippen molar-refractivity contribution in [1.82, 2.24) is 15.0 Å². The van der Waals surface area contributed by atoms with Gasteiger partial charge in [0, 0.05) is 11.6 Å². The van der Waals surface area contributed by atoms with Crippen molar-refractivity contribution >= 4 is 11.0 Å². The molecule has 2 aromatic heterocycles. The zero-order valence-corrected chi connectivity index (χ0v) is 6.52. The van der Waals surface area contributed by atoms with Crippen LogP contribution in [0.5, 0.6) is 5.75 Å². The molecule has 0 aliphatic heterocycles. The Kier molecular flexibility index (Phi) is 1.40. The molecule has 0 amide bonds. The zero-order valence-electron chi connectivity index (χ0n) is 6.52. The van der Waals surface area contributed by atoms with E-state index in [1.54, 1.807) is 19.2 Å². The van der Waals surface area contributed by atoms with Gasteiger partial charge in [-0.1, -0.05) is 0 Å². The van der Waals surface area contributed by atoms with Crippen molar-refractivity contribution in [2.75, 3.05) is 0 Å². The van der Waals surface area contributed by atoms with Crippen LogP contribution in [0, 0.1) is 6.92 Å². The van der Waals surface area contributed by atoms with Gasteiger partial charge >= 0.3 is 0 Å². The Bertz CT molecular complexity index is 386. The maximum Gasteiger partial charge on any atom is 0.163 e. The average Bonchev–Trinajstić information content (AvgIpc) is 2.05. The number of hydrogen-bond donors (Lipinski definition) is 1. The second-order valence-electron chi connectivity index (χ2n) is 2.52. The highest BCUT2D eigenvalue weighted by molar-refractivity contribution is 5.74. The van der Waals surface area contributed by atoms with Crippen LogP contribution in [-0.2, 0) is 0 Å². The van der Waals surface area contributed by atoms with E-state index in [0.717, 1.165) is 5.39 Å². The van der Waals surface area contributed by atoms with Gasteiger partial charge in [0.15, 0.2) is 5.65 Å². The van der Waals surface area contributed by atoms with E-state index in [4.69, 9.17) is 5.11 Å². The summed E-state index contributed by atoms with van der Waals surface area (Å²) in [5.74, 6) is 0.815. The maximum absolute atomic E-state index is 9.08. The van der Waals surface area contributed by atoms with Gasteiger partial charge in [-0.15, -0.1) is 0 Å². The maximum atomic E-state index is 9.08. The van der Waals surface area contributed by atoms with Crippen LogP contribution in [0.4, 0.5) is 0 Å². The molecule has 0 aliphatic carbocycles. The summed E-state index contributed by atoms with van der Waals surface area (Å²) in [6.45, 7) is 1.80. The van der Waals surface area contributed by atoms with E-state index in [1.807, 2.05) is 0 Å². The molecule has 0 aliphatic rings. The Hall–Kier alpha value is -1.71. The third-order valence-corrected chi connectivity index (χ3v) is 1.54. The number of rotatable bonds is 0. The van der Waals surface area contributed by atoms with Gasteiger partial charge < -0.3 is 5.11 Å². The third-order valence-electron chi connectivity index (χ3n) is 1.54. The lowest BCUT2D eigenvalue weighted by atomic mass is 10.3. The highest BCUT2D eigenvalue weighted by atomic mass is 16.3. The van der Waals surface area contributed by atoms with E-state index in [-0.39, 0.29) is 5.75 Å². The van der Waals surface area contributed by atoms with Crippen LogP contribution in [0.3, 0.4) is 0 Å². The Balaban J connectivity index is 2.79. The largest absolute Gasteiger partial charge is 0.506 e. The number of nitrogens with zero attached hydrogens (tertiary/aromatic N) is 3. The molecule has 0 bridgehead atoms. The van der Waals surface area contributed by atoms with E-state index >= 15 is 0 Å². The highest BCUT2D eigenvalue weighted by Gasteiger charge is 1.97. The highest BCUT2D eigenvalue weighted by Crippen LogP contribution is 2.13. The standard InChI is InChI=1S/C8H7N3O/c1-5-9-3-6-2-7(12)4-10-8(6)11-5/h2-4,12H,1H3. The lowest BCUT2D eigenvalue weighted by Gasteiger charge is -1.96. The van der Waals surface area contributed by atoms with Gasteiger partial charge in [0.2, 0.25) is 0 Å². The molecule has 0 radical (unpaired) electrons. The van der Waals surface area contributed by atoms with E-state index in [9.17, 15) is 0 Å². The van der Waals surface area contributed by atoms with Crippen LogP contribution in [0.25, 0.3) is 11.0 Å². The normalized spacial score (nSPS) is 10.4. The molecule has 60 valence electrons. The monoisotopic (exact) mass is 161 g/mol. The number of aromatic hydroxyl groups is 1. The fraction of sp³-hybridized carbons (Fsp3) is 0.125. The molecule has 0 spiro atoms. The van der Waals surface area contributed by atoms with Crippen molar-refractivity contribution in [2.45, 2.75) is 6.92 Å². The molecule has 0 saturated carbocycles. The zero-order chi connectivity index (χ0) is 8.55. The third kappa shape index (κ3) is 1.07. The molecule has 0 saturated heterocycles. The Labute approximate surface area is 68.9 Å². The van der Waals surface area contributed by atoms with Crippen LogP contribution in [0.1, 0.15) is 5.82 Å². The van der Waals surface area contributed by atoms with Gasteiger partial charge in [0.1, 0.15) is 11.6 Å². The topological polar surface area (TPSA) is 58.9 Å². The van der Waals surface area contributed by atoms with Crippen LogP contribution in [0.15, 0.2) is 18.5 Å². The first-order chi connectivity index (χ1) is 5.75. The average molecular weight is 161 g/mol. The Morgan fingerprint density at radius 1 is 1.25 bits per heavy atom. The Morgan fingerprint density at radius 2 is 2.08 bits per heavy atom. The quantitative estimate of drug-likeness (QED) is 0.627. The second-order valence-corrected chi connectivity index (χ2v) is 2.52. The fourth-order valence-corrected chi connectivity index (χ4v) is 0.996. The molecule has 0 unspecified atom stereocenters. The molecule has 12 heavy (non-hydrogen) atoms. The van der Waals surface area contributed by atoms with Crippen molar-refractivity contribution in [3.63, 3.8) is 0 Å². The lowest BCUT2D eigenvalue weighted by Crippen LogP contribution is -1.89. The first-order valence-corrected chi connectivity index (χ1v) is 3.54. The first kappa shape index (κ1) is 6.97. The first-order valence-electron chi connectivity index (χ1n) is 3.54. The molecule has 0 aromatic carbocycles. The summed E-state index contributed by atoms with van der Waals surface area (Å²) in [7, 11) is 0. The number of fused-ring (bicyclic) bond motifs is 1. The van der Waals surface area contributed by atoms with Gasteiger partial charge in [-0.3, -0.25) is 0 Å². The van der Waals surface area contributed by atoms with Crippen LogP contribution >= 0.6 is 0 Å². The van der Waals surface area contributed by atoms with Gasteiger partial charge in [0.25, 0.3) is 0 Å². The van der Waals surface area contributed by atoms with Crippen molar-refractivity contribution in [2.24, 2.45) is 0 Å². The van der Waals surface area contributed by atoms with Gasteiger partial charge in [-0.25, -0.2) is 15.0 Å². The van der Waals surface area contributed by atoms with Gasteiger partial charge in [-0.05, 0) is 13.0 Å². The summed E-state index contributed by atoms with van der Waals surface area (Å²) in [6.07, 6.45) is 3.01. The second kappa shape index (κ2) is 2.41. The van der Waals surface area contributed by atoms with Crippen molar-refractivity contribution in [3.05, 3.63) is 24.3 Å². The van der Waals surface area contributed by atoms with Crippen molar-refractivity contribution < 1.29 is 5.11 Å². The van der Waals surface area contributed by atoms with Crippen LogP contribution in [0.2, 0.25) is 0 Å². The van der Waals surface area contributed by atoms with Gasteiger partial charge in [-0.2, -0.15) is 0 Å². The molecule has 0 atom stereocenters. The molecule has 2 aromatic rings. The molecule has 2 rings (SSSR count). The minimum absolute atomic E-state index is 0.134. The Morgan fingerprint density at radius 3 is 2.92 bits per heavy atom. The molecule has 2 heterocycles. The minimum Gasteiger partial charge on any atom is -0.506 e. The predicted molar refractivity (Wildman–Crippen MR) is 43.7 cm³/mol. The van der Waals surface area contributed by atoms with Crippen LogP contribution < -0.4 is 0 Å². The van der Waals surface area contributed by atoms with Crippen molar-refractivity contribution in [3.8, 4) is 5.75 Å². The molecule has 4 heteroatoms. The van der Waals surface area contributed by atoms with E-state index < -0.39 is 0 Å². The van der Waals surface area contributed by atoms with Crippen LogP contribution in [-0.4, -0.2) is 20.1 Å². The molecular weight excluding hydrogens is 154 g/mol. The molecule has 1 N–H and O–H groups in total. The smallest absolute Gasteiger partial charge is 0.163 e. The summed E-state index contributed by atoms with van der Waals surface area (Å²) >= 11 is 0. The van der Waals surface area contributed by atoms with Gasteiger partial charge in [0.05, 0.1) is 6.20 Å². The molecular formula is C8H7N3O.